The Morgan fingerprint density at radius 1 is 1.06 bits per heavy atom. The first-order valence-electron chi connectivity index (χ1n) is 11.2. The molecule has 3 saturated heterocycles. The van der Waals surface area contributed by atoms with Crippen LogP contribution in [0.25, 0.3) is 0 Å². The van der Waals surface area contributed by atoms with Crippen LogP contribution in [-0.2, 0) is 0 Å². The van der Waals surface area contributed by atoms with Gasteiger partial charge in [0.1, 0.15) is 6.20 Å². The first-order valence-corrected chi connectivity index (χ1v) is 11.6. The molecule has 2 unspecified atom stereocenters. The van der Waals surface area contributed by atoms with Gasteiger partial charge in [0.05, 0.1) is 4.92 Å². The topological polar surface area (TPSA) is 90.7 Å². The van der Waals surface area contributed by atoms with Gasteiger partial charge in [-0.15, -0.1) is 0 Å². The van der Waals surface area contributed by atoms with Crippen LogP contribution in [0, 0.1) is 10.1 Å². The van der Waals surface area contributed by atoms with E-state index in [4.69, 9.17) is 11.6 Å². The number of anilines is 3. The number of benzene rings is 1. The van der Waals surface area contributed by atoms with Crippen LogP contribution in [0.5, 0.6) is 0 Å². The van der Waals surface area contributed by atoms with Crippen LogP contribution in [0.3, 0.4) is 0 Å². The summed E-state index contributed by atoms with van der Waals surface area (Å²) in [5.74, 6) is 0.715. The lowest BCUT2D eigenvalue weighted by molar-refractivity contribution is -0.384. The Bertz CT molecular complexity index is 967. The number of piperidine rings is 1. The quantitative estimate of drug-likeness (QED) is 0.538. The lowest BCUT2D eigenvalue weighted by atomic mass is 9.96. The van der Waals surface area contributed by atoms with Gasteiger partial charge in [0, 0.05) is 55.0 Å². The number of nitro groups is 1. The van der Waals surface area contributed by atoms with Gasteiger partial charge in [-0.2, -0.15) is 4.98 Å². The second-order valence-corrected chi connectivity index (χ2v) is 9.43. The third kappa shape index (κ3) is 4.24. The molecule has 3 fully saturated rings. The van der Waals surface area contributed by atoms with Gasteiger partial charge in [0.25, 0.3) is 0 Å². The third-order valence-electron chi connectivity index (χ3n) is 7.25. The van der Waals surface area contributed by atoms with Crippen LogP contribution < -0.4 is 10.2 Å². The van der Waals surface area contributed by atoms with Crippen molar-refractivity contribution in [3.63, 3.8) is 0 Å². The molecule has 4 heterocycles. The number of hydrogen-bond donors (Lipinski definition) is 1. The Kier molecular flexibility index (Phi) is 5.88. The monoisotopic (exact) mass is 457 g/mol. The lowest BCUT2D eigenvalue weighted by Crippen LogP contribution is -2.55. The molecule has 1 aromatic carbocycles. The van der Waals surface area contributed by atoms with E-state index >= 15 is 0 Å². The maximum absolute atomic E-state index is 11.6. The summed E-state index contributed by atoms with van der Waals surface area (Å²) in [7, 11) is 2.26. The molecule has 0 amide bonds. The Labute approximate surface area is 192 Å². The summed E-state index contributed by atoms with van der Waals surface area (Å²) in [4.78, 5) is 27.1. The van der Waals surface area contributed by atoms with Gasteiger partial charge in [-0.05, 0) is 57.0 Å². The Balaban J connectivity index is 1.28. The standard InChI is InChI=1S/C22H28ClN7O2/c1-27-17-6-7-18(27)13-19(12-17)28-8-10-29(11-9-28)21-20(30(31)32)14-24-22(26-21)25-16-4-2-15(23)3-5-16/h2-5,14,17-19H,6-13H2,1H3,(H,24,25,26). The average Bonchev–Trinajstić information content (AvgIpc) is 3.00. The molecule has 10 heteroatoms. The van der Waals surface area contributed by atoms with E-state index in [2.05, 4.69) is 32.1 Å². The summed E-state index contributed by atoms with van der Waals surface area (Å²) in [6, 6.07) is 9.21. The molecule has 3 aliphatic rings. The van der Waals surface area contributed by atoms with E-state index in [9.17, 15) is 10.1 Å². The van der Waals surface area contributed by atoms with Crippen molar-refractivity contribution in [1.82, 2.24) is 19.8 Å². The van der Waals surface area contributed by atoms with Crippen molar-refractivity contribution in [3.8, 4) is 0 Å². The average molecular weight is 458 g/mol. The molecule has 2 bridgehead atoms. The fourth-order valence-corrected chi connectivity index (χ4v) is 5.56. The van der Waals surface area contributed by atoms with E-state index in [0.29, 0.717) is 34.9 Å². The summed E-state index contributed by atoms with van der Waals surface area (Å²) in [5, 5.41) is 15.4. The molecule has 1 N–H and O–H groups in total. The summed E-state index contributed by atoms with van der Waals surface area (Å²) >= 11 is 5.94. The van der Waals surface area contributed by atoms with E-state index < -0.39 is 4.92 Å². The molecular weight excluding hydrogens is 430 g/mol. The van der Waals surface area contributed by atoms with Gasteiger partial charge >= 0.3 is 5.69 Å². The fourth-order valence-electron chi connectivity index (χ4n) is 5.43. The molecule has 170 valence electrons. The number of nitrogens with one attached hydrogen (secondary N) is 1. The summed E-state index contributed by atoms with van der Waals surface area (Å²) in [6.07, 6.45) is 6.38. The molecule has 2 atom stereocenters. The maximum Gasteiger partial charge on any atom is 0.329 e. The third-order valence-corrected chi connectivity index (χ3v) is 7.50. The zero-order valence-corrected chi connectivity index (χ0v) is 18.9. The molecule has 3 aliphatic heterocycles. The second-order valence-electron chi connectivity index (χ2n) is 8.99. The van der Waals surface area contributed by atoms with Crippen molar-refractivity contribution in [2.75, 3.05) is 43.4 Å². The first kappa shape index (κ1) is 21.4. The van der Waals surface area contributed by atoms with Gasteiger partial charge in [-0.25, -0.2) is 4.98 Å². The molecule has 1 aromatic heterocycles. The van der Waals surface area contributed by atoms with Crippen molar-refractivity contribution in [2.24, 2.45) is 0 Å². The number of nitrogens with zero attached hydrogens (tertiary/aromatic N) is 6. The summed E-state index contributed by atoms with van der Waals surface area (Å²) < 4.78 is 0. The Hall–Kier alpha value is -2.49. The summed E-state index contributed by atoms with van der Waals surface area (Å²) in [6.45, 7) is 3.24. The van der Waals surface area contributed by atoms with Crippen molar-refractivity contribution in [1.29, 1.82) is 0 Å². The zero-order chi connectivity index (χ0) is 22.2. The van der Waals surface area contributed by atoms with Crippen molar-refractivity contribution in [3.05, 3.63) is 45.6 Å². The minimum atomic E-state index is -0.400. The highest BCUT2D eigenvalue weighted by Gasteiger charge is 2.41. The predicted molar refractivity (Wildman–Crippen MR) is 125 cm³/mol. The van der Waals surface area contributed by atoms with Gasteiger partial charge in [0.15, 0.2) is 0 Å². The molecule has 0 saturated carbocycles. The largest absolute Gasteiger partial charge is 0.348 e. The number of rotatable bonds is 5. The number of piperazine rings is 1. The minimum Gasteiger partial charge on any atom is -0.348 e. The molecular formula is C22H28ClN7O2. The molecule has 9 nitrogen and oxygen atoms in total. The molecule has 0 spiro atoms. The first-order chi connectivity index (χ1) is 15.5. The highest BCUT2D eigenvalue weighted by atomic mass is 35.5. The van der Waals surface area contributed by atoms with Crippen LogP contribution in [0.2, 0.25) is 5.02 Å². The van der Waals surface area contributed by atoms with Crippen LogP contribution in [0.1, 0.15) is 25.7 Å². The lowest BCUT2D eigenvalue weighted by Gasteiger charge is -2.45. The SMILES string of the molecule is CN1C2CCC1CC(N1CCN(c3nc(Nc4ccc(Cl)cc4)ncc3[N+](=O)[O-])CC1)C2. The van der Waals surface area contributed by atoms with E-state index in [1.54, 1.807) is 12.1 Å². The van der Waals surface area contributed by atoms with Crippen molar-refractivity contribution < 1.29 is 4.92 Å². The molecule has 0 aliphatic carbocycles. The van der Waals surface area contributed by atoms with Crippen LogP contribution in [0.15, 0.2) is 30.5 Å². The molecule has 2 aromatic rings. The van der Waals surface area contributed by atoms with Crippen molar-refractivity contribution >= 4 is 34.7 Å². The van der Waals surface area contributed by atoms with Crippen LogP contribution >= 0.6 is 11.6 Å². The van der Waals surface area contributed by atoms with E-state index in [-0.39, 0.29) is 5.69 Å². The van der Waals surface area contributed by atoms with E-state index in [0.717, 1.165) is 31.9 Å². The van der Waals surface area contributed by atoms with Gasteiger partial charge in [-0.1, -0.05) is 11.6 Å². The normalized spacial score (nSPS) is 26.3. The molecule has 5 rings (SSSR count). The highest BCUT2D eigenvalue weighted by Crippen LogP contribution is 2.37. The van der Waals surface area contributed by atoms with Gasteiger partial charge < -0.3 is 15.1 Å². The maximum atomic E-state index is 11.6. The van der Waals surface area contributed by atoms with Crippen LogP contribution in [0.4, 0.5) is 23.1 Å². The zero-order valence-electron chi connectivity index (χ0n) is 18.2. The number of hydrogen-bond acceptors (Lipinski definition) is 8. The molecule has 0 radical (unpaired) electrons. The van der Waals surface area contributed by atoms with E-state index in [1.165, 1.54) is 31.9 Å². The number of aromatic nitrogens is 2. The van der Waals surface area contributed by atoms with Gasteiger partial charge in [-0.3, -0.25) is 15.0 Å². The Morgan fingerprint density at radius 3 is 2.34 bits per heavy atom. The minimum absolute atomic E-state index is 0.0579. The number of halogens is 1. The van der Waals surface area contributed by atoms with Crippen molar-refractivity contribution in [2.45, 2.75) is 43.8 Å². The fraction of sp³-hybridized carbons (Fsp3) is 0.545. The highest BCUT2D eigenvalue weighted by molar-refractivity contribution is 6.30. The van der Waals surface area contributed by atoms with Gasteiger partial charge in [0.2, 0.25) is 11.8 Å². The molecule has 32 heavy (non-hydrogen) atoms. The number of fused-ring (bicyclic) bond motifs is 2. The van der Waals surface area contributed by atoms with E-state index in [1.807, 2.05) is 17.0 Å². The smallest absolute Gasteiger partial charge is 0.329 e. The van der Waals surface area contributed by atoms with Crippen LogP contribution in [-0.4, -0.2) is 76.0 Å². The predicted octanol–water partition coefficient (Wildman–Crippen LogP) is 3.53. The second kappa shape index (κ2) is 8.80. The Morgan fingerprint density at radius 2 is 1.72 bits per heavy atom. The summed E-state index contributed by atoms with van der Waals surface area (Å²) in [5.41, 5.74) is 0.716.